The minimum Gasteiger partial charge on any atom is -0.363 e. The number of hydrogen-bond acceptors (Lipinski definition) is 5. The summed E-state index contributed by atoms with van der Waals surface area (Å²) in [5.74, 6) is 2.48. The Balaban J connectivity index is 2.28. The van der Waals surface area contributed by atoms with Crippen LogP contribution in [0.2, 0.25) is 5.15 Å². The molecule has 0 radical (unpaired) electrons. The Labute approximate surface area is 102 Å². The zero-order valence-electron chi connectivity index (χ0n) is 8.14. The number of halogens is 1. The number of terminal acetylenes is 1. The zero-order valence-corrected chi connectivity index (χ0v) is 9.72. The molecular formula is C10H7ClN4S. The van der Waals surface area contributed by atoms with Gasteiger partial charge in [0.1, 0.15) is 16.3 Å². The molecule has 6 heteroatoms. The number of hydrogen-bond donors (Lipinski definition) is 1. The van der Waals surface area contributed by atoms with Gasteiger partial charge >= 0.3 is 0 Å². The van der Waals surface area contributed by atoms with E-state index in [-0.39, 0.29) is 0 Å². The summed E-state index contributed by atoms with van der Waals surface area (Å²) in [6.45, 7) is 0.423. The molecule has 16 heavy (non-hydrogen) atoms. The maximum atomic E-state index is 5.96. The number of rotatable bonds is 3. The van der Waals surface area contributed by atoms with Gasteiger partial charge in [0.05, 0.1) is 6.54 Å². The van der Waals surface area contributed by atoms with Gasteiger partial charge in [-0.15, -0.1) is 6.42 Å². The first-order valence-electron chi connectivity index (χ1n) is 4.40. The lowest BCUT2D eigenvalue weighted by Gasteiger charge is -1.95. The van der Waals surface area contributed by atoms with Crippen molar-refractivity contribution in [2.24, 2.45) is 0 Å². The highest BCUT2D eigenvalue weighted by molar-refractivity contribution is 7.19. The third-order valence-electron chi connectivity index (χ3n) is 1.74. The van der Waals surface area contributed by atoms with Crippen LogP contribution < -0.4 is 5.32 Å². The maximum absolute atomic E-state index is 5.96. The minimum atomic E-state index is 0.416. The normalized spacial score (nSPS) is 9.75. The van der Waals surface area contributed by atoms with Gasteiger partial charge in [0.25, 0.3) is 0 Å². The first-order chi connectivity index (χ1) is 7.81. The molecule has 0 amide bonds. The van der Waals surface area contributed by atoms with Gasteiger partial charge in [0.15, 0.2) is 5.15 Å². The van der Waals surface area contributed by atoms with Gasteiger partial charge in [-0.05, 0) is 0 Å². The Bertz CT molecular complexity index is 517. The molecule has 1 N–H and O–H groups in total. The van der Waals surface area contributed by atoms with E-state index in [1.807, 2.05) is 0 Å². The number of aromatic nitrogens is 3. The monoisotopic (exact) mass is 250 g/mol. The summed E-state index contributed by atoms with van der Waals surface area (Å²) in [6, 6.07) is 0. The van der Waals surface area contributed by atoms with Crippen LogP contribution in [0.3, 0.4) is 0 Å². The fourth-order valence-corrected chi connectivity index (χ4v) is 2.22. The lowest BCUT2D eigenvalue weighted by molar-refractivity contribution is 1.17. The van der Waals surface area contributed by atoms with Crippen molar-refractivity contribution in [3.63, 3.8) is 0 Å². The van der Waals surface area contributed by atoms with Gasteiger partial charge in [0.2, 0.25) is 0 Å². The lowest BCUT2D eigenvalue weighted by atomic mass is 10.4. The Morgan fingerprint density at radius 2 is 2.19 bits per heavy atom. The summed E-state index contributed by atoms with van der Waals surface area (Å²) in [6.07, 6.45) is 10.00. The molecule has 2 aromatic rings. The van der Waals surface area contributed by atoms with Crippen molar-refractivity contribution in [2.75, 3.05) is 11.9 Å². The molecule has 0 aromatic carbocycles. The van der Waals surface area contributed by atoms with Gasteiger partial charge in [-0.1, -0.05) is 28.9 Å². The SMILES string of the molecule is C#CCNc1sc(-c2cncnc2)nc1Cl. The Morgan fingerprint density at radius 3 is 2.88 bits per heavy atom. The molecule has 0 atom stereocenters. The molecule has 80 valence electrons. The van der Waals surface area contributed by atoms with Crippen LogP contribution in [0.15, 0.2) is 18.7 Å². The van der Waals surface area contributed by atoms with Gasteiger partial charge in [-0.2, -0.15) is 0 Å². The molecule has 2 aromatic heterocycles. The second-order valence-corrected chi connectivity index (χ2v) is 4.18. The van der Waals surface area contributed by atoms with E-state index in [0.29, 0.717) is 11.7 Å². The van der Waals surface area contributed by atoms with Gasteiger partial charge < -0.3 is 5.32 Å². The van der Waals surface area contributed by atoms with Crippen molar-refractivity contribution in [3.8, 4) is 22.9 Å². The van der Waals surface area contributed by atoms with Crippen molar-refractivity contribution < 1.29 is 0 Å². The van der Waals surface area contributed by atoms with Crippen LogP contribution in [0.1, 0.15) is 0 Å². The third kappa shape index (κ3) is 2.30. The van der Waals surface area contributed by atoms with E-state index in [0.717, 1.165) is 15.6 Å². The van der Waals surface area contributed by atoms with Crippen molar-refractivity contribution >= 4 is 27.9 Å². The average molecular weight is 251 g/mol. The van der Waals surface area contributed by atoms with Crippen molar-refractivity contribution in [1.82, 2.24) is 15.0 Å². The van der Waals surface area contributed by atoms with Crippen molar-refractivity contribution in [1.29, 1.82) is 0 Å². The molecule has 0 aliphatic heterocycles. The number of nitrogens with one attached hydrogen (secondary N) is 1. The van der Waals surface area contributed by atoms with Crippen LogP contribution in [0.25, 0.3) is 10.6 Å². The van der Waals surface area contributed by atoms with Gasteiger partial charge in [-0.3, -0.25) is 0 Å². The fourth-order valence-electron chi connectivity index (χ4n) is 1.07. The second kappa shape index (κ2) is 4.92. The molecule has 2 rings (SSSR count). The van der Waals surface area contributed by atoms with Crippen LogP contribution in [0.4, 0.5) is 5.00 Å². The Morgan fingerprint density at radius 1 is 1.44 bits per heavy atom. The molecule has 2 heterocycles. The standard InChI is InChI=1S/C10H7ClN4S/c1-2-3-14-10-8(11)15-9(16-10)7-4-12-6-13-5-7/h1,4-6,14H,3H2. The molecule has 0 saturated heterocycles. The zero-order chi connectivity index (χ0) is 11.4. The van der Waals surface area contributed by atoms with Gasteiger partial charge in [-0.25, -0.2) is 15.0 Å². The van der Waals surface area contributed by atoms with Crippen molar-refractivity contribution in [2.45, 2.75) is 0 Å². The van der Waals surface area contributed by atoms with E-state index in [9.17, 15) is 0 Å². The van der Waals surface area contributed by atoms with E-state index in [2.05, 4.69) is 26.2 Å². The first-order valence-corrected chi connectivity index (χ1v) is 5.59. The molecule has 4 nitrogen and oxygen atoms in total. The highest BCUT2D eigenvalue weighted by Crippen LogP contribution is 2.34. The molecule has 0 unspecified atom stereocenters. The van der Waals surface area contributed by atoms with Crippen LogP contribution in [0.5, 0.6) is 0 Å². The highest BCUT2D eigenvalue weighted by atomic mass is 35.5. The summed E-state index contributed by atoms with van der Waals surface area (Å²) in [5.41, 5.74) is 0.836. The van der Waals surface area contributed by atoms with Gasteiger partial charge in [0, 0.05) is 18.0 Å². The van der Waals surface area contributed by atoms with Crippen LogP contribution in [0, 0.1) is 12.3 Å². The van der Waals surface area contributed by atoms with E-state index in [1.165, 1.54) is 17.7 Å². The lowest BCUT2D eigenvalue weighted by Crippen LogP contribution is -1.95. The Hall–Kier alpha value is -1.64. The molecule has 0 bridgehead atoms. The van der Waals surface area contributed by atoms with E-state index >= 15 is 0 Å². The number of thiazole rings is 1. The highest BCUT2D eigenvalue weighted by Gasteiger charge is 2.10. The minimum absolute atomic E-state index is 0.416. The molecule has 0 aliphatic rings. The predicted octanol–water partition coefficient (Wildman–Crippen LogP) is 2.30. The third-order valence-corrected chi connectivity index (χ3v) is 3.19. The van der Waals surface area contributed by atoms with E-state index < -0.39 is 0 Å². The number of anilines is 1. The summed E-state index contributed by atoms with van der Waals surface area (Å²) < 4.78 is 0. The smallest absolute Gasteiger partial charge is 0.164 e. The number of nitrogens with zero attached hydrogens (tertiary/aromatic N) is 3. The first kappa shape index (κ1) is 10.9. The van der Waals surface area contributed by atoms with E-state index in [4.69, 9.17) is 18.0 Å². The Kier molecular flexibility index (Phi) is 3.34. The summed E-state index contributed by atoms with van der Waals surface area (Å²) in [7, 11) is 0. The summed E-state index contributed by atoms with van der Waals surface area (Å²) in [5, 5.41) is 4.95. The fraction of sp³-hybridized carbons (Fsp3) is 0.100. The largest absolute Gasteiger partial charge is 0.363 e. The van der Waals surface area contributed by atoms with E-state index in [1.54, 1.807) is 12.4 Å². The molecule has 0 aliphatic carbocycles. The topological polar surface area (TPSA) is 50.7 Å². The molecule has 0 fully saturated rings. The quantitative estimate of drug-likeness (QED) is 0.850. The summed E-state index contributed by atoms with van der Waals surface area (Å²) in [4.78, 5) is 12.1. The predicted molar refractivity (Wildman–Crippen MR) is 65.5 cm³/mol. The molecule has 0 saturated carbocycles. The van der Waals surface area contributed by atoms with Crippen LogP contribution >= 0.6 is 22.9 Å². The molecule has 0 spiro atoms. The van der Waals surface area contributed by atoms with Crippen molar-refractivity contribution in [3.05, 3.63) is 23.9 Å². The van der Waals surface area contributed by atoms with Crippen LogP contribution in [-0.4, -0.2) is 21.5 Å². The van der Waals surface area contributed by atoms with Crippen LogP contribution in [-0.2, 0) is 0 Å². The average Bonchev–Trinajstić information content (AvgIpc) is 2.69. The maximum Gasteiger partial charge on any atom is 0.164 e. The molecular weight excluding hydrogens is 244 g/mol. The second-order valence-electron chi connectivity index (χ2n) is 2.82. The summed E-state index contributed by atoms with van der Waals surface area (Å²) >= 11 is 7.38.